The largest absolute Gasteiger partial charge is 0.471 e. The van der Waals surface area contributed by atoms with Gasteiger partial charge in [0, 0.05) is 12.6 Å². The van der Waals surface area contributed by atoms with Crippen molar-refractivity contribution < 1.29 is 31.1 Å². The smallest absolute Gasteiger partial charge is 0.309 e. The zero-order valence-corrected chi connectivity index (χ0v) is 10.4. The maximum absolute atomic E-state index is 12.3. The number of nitrogens with one attached hydrogen (secondary N) is 3. The summed E-state index contributed by atoms with van der Waals surface area (Å²) in [5, 5.41) is 8.30. The Kier molecular flexibility index (Phi) is 4.80. The fourth-order valence-corrected chi connectivity index (χ4v) is 1.10. The van der Waals surface area contributed by atoms with Gasteiger partial charge in [-0.3, -0.25) is 20.2 Å². The van der Waals surface area contributed by atoms with Crippen molar-refractivity contribution in [1.82, 2.24) is 15.5 Å². The Hall–Kier alpha value is -2.27. The van der Waals surface area contributed by atoms with Gasteiger partial charge >= 0.3 is 18.3 Å². The molecule has 3 N–H and O–H groups in total. The number of H-pyrrole nitrogens is 1. The quantitative estimate of drug-likeness (QED) is 0.443. The molecule has 0 fully saturated rings. The Labute approximate surface area is 113 Å². The van der Waals surface area contributed by atoms with Gasteiger partial charge in [-0.05, 0) is 6.92 Å². The summed E-state index contributed by atoms with van der Waals surface area (Å²) in [5.74, 6) is -3.43. The first kappa shape index (κ1) is 16.8. The van der Waals surface area contributed by atoms with Crippen molar-refractivity contribution in [3.05, 3.63) is 11.8 Å². The fourth-order valence-electron chi connectivity index (χ4n) is 1.10. The lowest BCUT2D eigenvalue weighted by Crippen LogP contribution is -2.43. The number of aromatic nitrogens is 2. The van der Waals surface area contributed by atoms with E-state index in [-0.39, 0.29) is 6.54 Å². The number of rotatable bonds is 2. The van der Waals surface area contributed by atoms with Crippen LogP contribution in [-0.4, -0.2) is 34.8 Å². The third-order valence-electron chi connectivity index (χ3n) is 1.94. The average Bonchev–Trinajstić information content (AvgIpc) is 2.76. The number of amides is 1. The summed E-state index contributed by atoms with van der Waals surface area (Å²) in [5.41, 5.74) is -1.21. The van der Waals surface area contributed by atoms with Gasteiger partial charge in [0.2, 0.25) is 5.96 Å². The highest BCUT2D eigenvalue weighted by Gasteiger charge is 2.39. The Balaban J connectivity index is 2.83. The molecule has 0 unspecified atom stereocenters. The third-order valence-corrected chi connectivity index (χ3v) is 1.94. The topological polar surface area (TPSA) is 82.2 Å². The van der Waals surface area contributed by atoms with E-state index < -0.39 is 35.7 Å². The Morgan fingerprint density at radius 1 is 1.33 bits per heavy atom. The number of alkyl halides is 6. The number of carbonyl (C=O) groups excluding carboxylic acids is 1. The molecule has 6 nitrogen and oxygen atoms in total. The summed E-state index contributed by atoms with van der Waals surface area (Å²) in [7, 11) is 0. The van der Waals surface area contributed by atoms with Crippen molar-refractivity contribution in [2.45, 2.75) is 19.3 Å². The maximum Gasteiger partial charge on any atom is 0.471 e. The molecular weight excluding hydrogens is 308 g/mol. The molecule has 1 aromatic heterocycles. The molecule has 118 valence electrons. The zero-order chi connectivity index (χ0) is 16.3. The first-order valence-corrected chi connectivity index (χ1v) is 5.36. The molecule has 12 heteroatoms. The molecular formula is C9H9F6N5O. The molecule has 1 amide bonds. The molecule has 0 aromatic carbocycles. The second kappa shape index (κ2) is 6.01. The summed E-state index contributed by atoms with van der Waals surface area (Å²) in [6.45, 7) is 1.43. The summed E-state index contributed by atoms with van der Waals surface area (Å²) < 4.78 is 73.2. The summed E-state index contributed by atoms with van der Waals surface area (Å²) in [4.78, 5) is 14.2. The number of aliphatic imine (C=N–C) groups is 1. The van der Waals surface area contributed by atoms with E-state index in [1.54, 1.807) is 5.10 Å². The average molecular weight is 317 g/mol. The molecule has 21 heavy (non-hydrogen) atoms. The van der Waals surface area contributed by atoms with Gasteiger partial charge in [-0.1, -0.05) is 0 Å². The van der Waals surface area contributed by atoms with Gasteiger partial charge in [0.15, 0.2) is 5.82 Å². The minimum absolute atomic E-state index is 0.0168. The normalized spacial score (nSPS) is 13.2. The molecule has 0 radical (unpaired) electrons. The molecule has 1 rings (SSSR count). The van der Waals surface area contributed by atoms with E-state index in [2.05, 4.69) is 15.4 Å². The number of carbonyl (C=O) groups is 1. The zero-order valence-electron chi connectivity index (χ0n) is 10.4. The van der Waals surface area contributed by atoms with Crippen molar-refractivity contribution >= 4 is 17.7 Å². The minimum Gasteiger partial charge on any atom is -0.309 e. The molecule has 1 aromatic rings. The maximum atomic E-state index is 12.3. The molecule has 0 bridgehead atoms. The van der Waals surface area contributed by atoms with Crippen molar-refractivity contribution in [2.24, 2.45) is 4.99 Å². The van der Waals surface area contributed by atoms with Crippen LogP contribution in [0.5, 0.6) is 0 Å². The number of halogens is 6. The molecule has 0 saturated heterocycles. The predicted octanol–water partition coefficient (Wildman–Crippen LogP) is 1.89. The lowest BCUT2D eigenvalue weighted by atomic mass is 10.4. The van der Waals surface area contributed by atoms with Crippen LogP contribution in [0.3, 0.4) is 0 Å². The van der Waals surface area contributed by atoms with Gasteiger partial charge in [-0.15, -0.1) is 0 Å². The molecule has 0 spiro atoms. The number of hydrogen-bond acceptors (Lipinski definition) is 3. The first-order chi connectivity index (χ1) is 9.54. The van der Waals surface area contributed by atoms with Crippen LogP contribution in [0.4, 0.5) is 32.2 Å². The van der Waals surface area contributed by atoms with E-state index in [9.17, 15) is 31.1 Å². The predicted molar refractivity (Wildman–Crippen MR) is 59.4 cm³/mol. The Morgan fingerprint density at radius 3 is 2.38 bits per heavy atom. The van der Waals surface area contributed by atoms with Crippen LogP contribution in [0.25, 0.3) is 0 Å². The summed E-state index contributed by atoms with van der Waals surface area (Å²) >= 11 is 0. The standard InChI is InChI=1S/C9H9F6N5O/c1-2-16-7(18-6(21)9(13,14)15)17-5-3-4(19-20-5)8(10,11)12/h3H,2H2,1H3,(H3,16,17,18,19,20,21). The van der Waals surface area contributed by atoms with Crippen molar-refractivity contribution in [1.29, 1.82) is 0 Å². The van der Waals surface area contributed by atoms with E-state index in [1.807, 2.05) is 0 Å². The van der Waals surface area contributed by atoms with Crippen molar-refractivity contribution in [3.63, 3.8) is 0 Å². The van der Waals surface area contributed by atoms with Gasteiger partial charge in [0.25, 0.3) is 0 Å². The second-order valence-corrected chi connectivity index (χ2v) is 3.56. The van der Waals surface area contributed by atoms with E-state index in [4.69, 9.17) is 0 Å². The van der Waals surface area contributed by atoms with Crippen LogP contribution in [0.15, 0.2) is 11.1 Å². The third kappa shape index (κ3) is 4.96. The van der Waals surface area contributed by atoms with Crippen LogP contribution in [-0.2, 0) is 11.0 Å². The van der Waals surface area contributed by atoms with Crippen molar-refractivity contribution in [2.75, 3.05) is 11.9 Å². The van der Waals surface area contributed by atoms with E-state index >= 15 is 0 Å². The van der Waals surface area contributed by atoms with Gasteiger partial charge < -0.3 is 5.32 Å². The Morgan fingerprint density at radius 2 is 1.95 bits per heavy atom. The van der Waals surface area contributed by atoms with Crippen LogP contribution in [0, 0.1) is 0 Å². The number of anilines is 1. The number of aromatic amines is 1. The van der Waals surface area contributed by atoms with E-state index in [0.29, 0.717) is 6.07 Å². The molecule has 1 heterocycles. The first-order valence-electron chi connectivity index (χ1n) is 5.36. The van der Waals surface area contributed by atoms with Crippen LogP contribution in [0.1, 0.15) is 12.6 Å². The lowest BCUT2D eigenvalue weighted by Gasteiger charge is -2.10. The van der Waals surface area contributed by atoms with Gasteiger partial charge in [-0.2, -0.15) is 31.4 Å². The highest BCUT2D eigenvalue weighted by Crippen LogP contribution is 2.28. The molecule has 0 aliphatic rings. The molecule has 0 aliphatic carbocycles. The number of guanidine groups is 1. The SMILES string of the molecule is CCN=C(NC(=O)C(F)(F)F)Nc1cc(C(F)(F)F)[nH]n1. The highest BCUT2D eigenvalue weighted by molar-refractivity contribution is 6.05. The number of hydrogen-bond donors (Lipinski definition) is 3. The van der Waals surface area contributed by atoms with E-state index in [1.165, 1.54) is 12.2 Å². The van der Waals surface area contributed by atoms with Crippen LogP contribution < -0.4 is 10.6 Å². The summed E-state index contributed by atoms with van der Waals surface area (Å²) in [6, 6.07) is 0.519. The summed E-state index contributed by atoms with van der Waals surface area (Å²) in [6.07, 6.45) is -9.84. The van der Waals surface area contributed by atoms with Gasteiger partial charge in [0.1, 0.15) is 5.69 Å². The van der Waals surface area contributed by atoms with E-state index in [0.717, 1.165) is 0 Å². The van der Waals surface area contributed by atoms with Gasteiger partial charge in [-0.25, -0.2) is 0 Å². The second-order valence-electron chi connectivity index (χ2n) is 3.56. The van der Waals surface area contributed by atoms with Crippen molar-refractivity contribution in [3.8, 4) is 0 Å². The van der Waals surface area contributed by atoms with Crippen LogP contribution >= 0.6 is 0 Å². The highest BCUT2D eigenvalue weighted by atomic mass is 19.4. The fraction of sp³-hybridized carbons (Fsp3) is 0.444. The molecule has 0 saturated carbocycles. The molecule has 0 aliphatic heterocycles. The monoisotopic (exact) mass is 317 g/mol. The molecule has 0 atom stereocenters. The number of nitrogens with zero attached hydrogens (tertiary/aromatic N) is 2. The minimum atomic E-state index is -5.15. The lowest BCUT2D eigenvalue weighted by molar-refractivity contribution is -0.171. The van der Waals surface area contributed by atoms with Crippen LogP contribution in [0.2, 0.25) is 0 Å². The Bertz CT molecular complexity index is 531. The van der Waals surface area contributed by atoms with Gasteiger partial charge in [0.05, 0.1) is 0 Å².